The summed E-state index contributed by atoms with van der Waals surface area (Å²) in [5.74, 6) is 0. The molecule has 0 spiro atoms. The molecule has 1 heterocycles. The summed E-state index contributed by atoms with van der Waals surface area (Å²) in [7, 11) is 1.54. The van der Waals surface area contributed by atoms with Crippen LogP contribution in [0.2, 0.25) is 0 Å². The quantitative estimate of drug-likeness (QED) is 0.818. The summed E-state index contributed by atoms with van der Waals surface area (Å²) < 4.78 is 40.0. The van der Waals surface area contributed by atoms with Gasteiger partial charge in [0.1, 0.15) is 11.8 Å². The molecule has 0 saturated heterocycles. The third-order valence-corrected chi connectivity index (χ3v) is 3.95. The van der Waals surface area contributed by atoms with Crippen LogP contribution in [-0.2, 0) is 13.2 Å². The molecule has 1 unspecified atom stereocenters. The van der Waals surface area contributed by atoms with Crippen molar-refractivity contribution in [3.8, 4) is 0 Å². The highest BCUT2D eigenvalue weighted by Crippen LogP contribution is 2.37. The smallest absolute Gasteiger partial charge is 0.382 e. The van der Waals surface area contributed by atoms with Gasteiger partial charge in [-0.2, -0.15) is 13.2 Å². The van der Waals surface area contributed by atoms with Crippen LogP contribution < -0.4 is 0 Å². The number of nitrogens with zero attached hydrogens (tertiary/aromatic N) is 3. The summed E-state index contributed by atoms with van der Waals surface area (Å²) in [6.07, 6.45) is -5.77. The first kappa shape index (κ1) is 15.5. The number of aromatic nitrogens is 3. The molecule has 0 bridgehead atoms. The number of hydrogen-bond donors (Lipinski definition) is 1. The Balaban J connectivity index is 2.49. The lowest BCUT2D eigenvalue weighted by atomic mass is 10.0. The normalized spacial score (nSPS) is 13.6. The van der Waals surface area contributed by atoms with Crippen LogP contribution in [0.25, 0.3) is 0 Å². The van der Waals surface area contributed by atoms with Gasteiger partial charge >= 0.3 is 6.18 Å². The van der Waals surface area contributed by atoms with E-state index < -0.39 is 17.8 Å². The largest absolute Gasteiger partial charge is 0.417 e. The van der Waals surface area contributed by atoms with Gasteiger partial charge < -0.3 is 5.11 Å². The first-order valence-corrected chi connectivity index (χ1v) is 6.90. The van der Waals surface area contributed by atoms with Crippen molar-refractivity contribution in [1.82, 2.24) is 15.0 Å². The van der Waals surface area contributed by atoms with Gasteiger partial charge in [0.15, 0.2) is 4.60 Å². The van der Waals surface area contributed by atoms with Crippen molar-refractivity contribution in [2.75, 3.05) is 0 Å². The zero-order valence-corrected chi connectivity index (χ0v) is 13.2. The molecule has 4 nitrogen and oxygen atoms in total. The summed E-state index contributed by atoms with van der Waals surface area (Å²) in [6.45, 7) is 0. The Labute approximate surface area is 128 Å². The van der Waals surface area contributed by atoms with Crippen molar-refractivity contribution in [3.63, 3.8) is 0 Å². The fraction of sp³-hybridized carbons (Fsp3) is 0.273. The van der Waals surface area contributed by atoms with Gasteiger partial charge in [-0.1, -0.05) is 27.2 Å². The van der Waals surface area contributed by atoms with E-state index in [0.29, 0.717) is 0 Å². The van der Waals surface area contributed by atoms with Crippen molar-refractivity contribution in [3.05, 3.63) is 44.1 Å². The maximum Gasteiger partial charge on any atom is 0.417 e. The fourth-order valence-corrected chi connectivity index (χ4v) is 2.73. The van der Waals surface area contributed by atoms with E-state index >= 15 is 0 Å². The summed E-state index contributed by atoms with van der Waals surface area (Å²) in [6, 6.07) is 3.55. The Morgan fingerprint density at radius 1 is 1.30 bits per heavy atom. The third-order valence-electron chi connectivity index (χ3n) is 2.70. The average molecular weight is 415 g/mol. The fourth-order valence-electron chi connectivity index (χ4n) is 1.72. The zero-order chi connectivity index (χ0) is 15.1. The van der Waals surface area contributed by atoms with Crippen molar-refractivity contribution >= 4 is 31.9 Å². The number of rotatable bonds is 2. The Kier molecular flexibility index (Phi) is 4.22. The summed E-state index contributed by atoms with van der Waals surface area (Å²) in [5, 5.41) is 17.6. The molecule has 1 aromatic heterocycles. The maximum atomic E-state index is 12.8. The zero-order valence-electron chi connectivity index (χ0n) is 9.99. The van der Waals surface area contributed by atoms with Crippen molar-refractivity contribution in [2.45, 2.75) is 12.3 Å². The molecule has 1 atom stereocenters. The van der Waals surface area contributed by atoms with Gasteiger partial charge in [-0.25, -0.2) is 4.68 Å². The molecule has 0 fully saturated rings. The minimum atomic E-state index is -4.50. The van der Waals surface area contributed by atoms with Crippen LogP contribution in [0.5, 0.6) is 0 Å². The molecule has 2 rings (SSSR count). The number of benzene rings is 1. The number of aryl methyl sites for hydroxylation is 1. The minimum Gasteiger partial charge on any atom is -0.382 e. The van der Waals surface area contributed by atoms with Crippen LogP contribution in [0, 0.1) is 0 Å². The summed E-state index contributed by atoms with van der Waals surface area (Å²) >= 11 is 5.95. The Hall–Kier alpha value is -0.930. The molecule has 20 heavy (non-hydrogen) atoms. The van der Waals surface area contributed by atoms with E-state index in [4.69, 9.17) is 0 Å². The van der Waals surface area contributed by atoms with Crippen molar-refractivity contribution < 1.29 is 18.3 Å². The highest BCUT2D eigenvalue weighted by atomic mass is 79.9. The maximum absolute atomic E-state index is 12.8. The predicted molar refractivity (Wildman–Crippen MR) is 71.9 cm³/mol. The third kappa shape index (κ3) is 2.89. The molecular formula is C11H8Br2F3N3O. The van der Waals surface area contributed by atoms with Gasteiger partial charge in [-0.05, 0) is 33.6 Å². The van der Waals surface area contributed by atoms with Gasteiger partial charge in [-0.3, -0.25) is 0 Å². The highest BCUT2D eigenvalue weighted by Gasteiger charge is 2.34. The van der Waals surface area contributed by atoms with E-state index in [2.05, 4.69) is 42.2 Å². The molecule has 1 N–H and O–H groups in total. The monoisotopic (exact) mass is 413 g/mol. The second kappa shape index (κ2) is 5.45. The molecule has 108 valence electrons. The molecule has 0 saturated carbocycles. The standard InChI is InChI=1S/C11H8Br2F3N3O/c1-19-8(10(13)17-18-19)9(20)5-2-3-7(12)6(4-5)11(14,15)16/h2-4,9,20H,1H3. The van der Waals surface area contributed by atoms with Gasteiger partial charge in [0.25, 0.3) is 0 Å². The molecule has 0 aliphatic heterocycles. The van der Waals surface area contributed by atoms with Crippen LogP contribution in [0.3, 0.4) is 0 Å². The number of aliphatic hydroxyl groups is 1. The lowest BCUT2D eigenvalue weighted by Gasteiger charge is -2.15. The first-order valence-electron chi connectivity index (χ1n) is 5.31. The van der Waals surface area contributed by atoms with Crippen LogP contribution in [-0.4, -0.2) is 20.1 Å². The number of alkyl halides is 3. The van der Waals surface area contributed by atoms with E-state index in [1.54, 1.807) is 7.05 Å². The predicted octanol–water partition coefficient (Wildman–Crippen LogP) is 3.44. The highest BCUT2D eigenvalue weighted by molar-refractivity contribution is 9.10. The molecule has 0 radical (unpaired) electrons. The topological polar surface area (TPSA) is 50.9 Å². The van der Waals surface area contributed by atoms with E-state index in [9.17, 15) is 18.3 Å². The molecule has 0 aliphatic rings. The van der Waals surface area contributed by atoms with E-state index in [-0.39, 0.29) is 20.3 Å². The lowest BCUT2D eigenvalue weighted by Crippen LogP contribution is -2.11. The number of hydrogen-bond acceptors (Lipinski definition) is 3. The number of halogens is 5. The van der Waals surface area contributed by atoms with Crippen LogP contribution in [0.4, 0.5) is 13.2 Å². The number of aliphatic hydroxyl groups excluding tert-OH is 1. The second-order valence-corrected chi connectivity index (χ2v) is 5.63. The van der Waals surface area contributed by atoms with Crippen LogP contribution in [0.15, 0.2) is 27.3 Å². The SMILES string of the molecule is Cn1nnc(Br)c1C(O)c1ccc(Br)c(C(F)(F)F)c1. The van der Waals surface area contributed by atoms with E-state index in [0.717, 1.165) is 6.07 Å². The van der Waals surface area contributed by atoms with Crippen LogP contribution in [0.1, 0.15) is 22.9 Å². The molecule has 0 amide bonds. The van der Waals surface area contributed by atoms with Crippen LogP contribution >= 0.6 is 31.9 Å². The molecule has 0 aliphatic carbocycles. The van der Waals surface area contributed by atoms with Crippen molar-refractivity contribution in [1.29, 1.82) is 0 Å². The Morgan fingerprint density at radius 2 is 1.95 bits per heavy atom. The molecule has 9 heteroatoms. The van der Waals surface area contributed by atoms with Crippen molar-refractivity contribution in [2.24, 2.45) is 7.05 Å². The molecular weight excluding hydrogens is 407 g/mol. The van der Waals surface area contributed by atoms with Gasteiger partial charge in [0, 0.05) is 11.5 Å². The van der Waals surface area contributed by atoms with Gasteiger partial charge in [0.2, 0.25) is 0 Å². The summed E-state index contributed by atoms with van der Waals surface area (Å²) in [5.41, 5.74) is -0.465. The minimum absolute atomic E-state index is 0.0804. The summed E-state index contributed by atoms with van der Waals surface area (Å²) in [4.78, 5) is 0. The lowest BCUT2D eigenvalue weighted by molar-refractivity contribution is -0.138. The average Bonchev–Trinajstić information content (AvgIpc) is 2.67. The molecule has 1 aromatic carbocycles. The van der Waals surface area contributed by atoms with E-state index in [1.807, 2.05) is 0 Å². The second-order valence-electron chi connectivity index (χ2n) is 4.03. The first-order chi connectivity index (χ1) is 9.21. The Bertz CT molecular complexity index is 623. The van der Waals surface area contributed by atoms with E-state index in [1.165, 1.54) is 16.8 Å². The molecule has 2 aromatic rings. The Morgan fingerprint density at radius 3 is 2.45 bits per heavy atom. The van der Waals surface area contributed by atoms with Gasteiger partial charge in [-0.15, -0.1) is 5.10 Å². The van der Waals surface area contributed by atoms with Gasteiger partial charge in [0.05, 0.1) is 5.56 Å².